The minimum Gasteiger partial charge on any atom is -0.380 e. The number of ether oxygens (including phenoxy) is 1. The van der Waals surface area contributed by atoms with Crippen molar-refractivity contribution in [2.75, 3.05) is 13.2 Å². The molecule has 1 amide bonds. The number of benzene rings is 2. The SMILES string of the molecule is CCOCCn1c(=NC(=O)c2cccc(F)c2)sc2ccc(Cl)c(C)c21. The lowest BCUT2D eigenvalue weighted by molar-refractivity contribution is 0.0996. The highest BCUT2D eigenvalue weighted by Gasteiger charge is 2.13. The molecule has 1 heterocycles. The van der Waals surface area contributed by atoms with E-state index in [1.165, 1.54) is 29.5 Å². The van der Waals surface area contributed by atoms with Crippen LogP contribution in [0.3, 0.4) is 0 Å². The lowest BCUT2D eigenvalue weighted by Crippen LogP contribution is -2.20. The van der Waals surface area contributed by atoms with Crippen LogP contribution in [0.4, 0.5) is 4.39 Å². The Morgan fingerprint density at radius 1 is 1.35 bits per heavy atom. The van der Waals surface area contributed by atoms with E-state index in [0.717, 1.165) is 15.8 Å². The summed E-state index contributed by atoms with van der Waals surface area (Å²) in [6, 6.07) is 9.28. The standard InChI is InChI=1S/C19H18ClFN2O2S/c1-3-25-10-9-23-17-12(2)15(20)7-8-16(17)26-19(23)22-18(24)13-5-4-6-14(21)11-13/h4-8,11H,3,9-10H2,1-2H3. The van der Waals surface area contributed by atoms with E-state index in [0.29, 0.717) is 29.6 Å². The summed E-state index contributed by atoms with van der Waals surface area (Å²) < 4.78 is 21.8. The van der Waals surface area contributed by atoms with Crippen molar-refractivity contribution in [2.24, 2.45) is 4.99 Å². The van der Waals surface area contributed by atoms with Crippen molar-refractivity contribution in [3.05, 3.63) is 63.2 Å². The largest absolute Gasteiger partial charge is 0.380 e. The molecular formula is C19H18ClFN2O2S. The van der Waals surface area contributed by atoms with Crippen LogP contribution in [0.2, 0.25) is 5.02 Å². The maximum absolute atomic E-state index is 13.4. The Morgan fingerprint density at radius 2 is 2.15 bits per heavy atom. The number of rotatable bonds is 5. The monoisotopic (exact) mass is 392 g/mol. The topological polar surface area (TPSA) is 43.6 Å². The molecule has 2 aromatic carbocycles. The maximum Gasteiger partial charge on any atom is 0.279 e. The minimum atomic E-state index is -0.482. The van der Waals surface area contributed by atoms with Crippen LogP contribution < -0.4 is 4.80 Å². The molecule has 0 saturated carbocycles. The van der Waals surface area contributed by atoms with Crippen LogP contribution in [0, 0.1) is 12.7 Å². The molecule has 7 heteroatoms. The summed E-state index contributed by atoms with van der Waals surface area (Å²) in [5.41, 5.74) is 2.08. The zero-order valence-corrected chi connectivity index (χ0v) is 16.0. The van der Waals surface area contributed by atoms with Crippen molar-refractivity contribution in [3.8, 4) is 0 Å². The number of hydrogen-bond donors (Lipinski definition) is 0. The summed E-state index contributed by atoms with van der Waals surface area (Å²) in [7, 11) is 0. The van der Waals surface area contributed by atoms with Crippen LogP contribution in [0.5, 0.6) is 0 Å². The van der Waals surface area contributed by atoms with Crippen molar-refractivity contribution in [1.82, 2.24) is 4.57 Å². The Bertz CT molecular complexity index is 1030. The highest BCUT2D eigenvalue weighted by Crippen LogP contribution is 2.27. The van der Waals surface area contributed by atoms with Crippen molar-refractivity contribution >= 4 is 39.1 Å². The zero-order valence-electron chi connectivity index (χ0n) is 14.5. The Labute approximate surface area is 159 Å². The van der Waals surface area contributed by atoms with Gasteiger partial charge in [0.1, 0.15) is 5.82 Å². The summed E-state index contributed by atoms with van der Waals surface area (Å²) in [4.78, 5) is 17.3. The zero-order chi connectivity index (χ0) is 18.7. The first-order chi connectivity index (χ1) is 12.5. The number of hydrogen-bond acceptors (Lipinski definition) is 3. The normalized spacial score (nSPS) is 12.1. The maximum atomic E-state index is 13.4. The molecular weight excluding hydrogens is 375 g/mol. The van der Waals surface area contributed by atoms with Crippen molar-refractivity contribution in [2.45, 2.75) is 20.4 Å². The van der Waals surface area contributed by atoms with Gasteiger partial charge in [0, 0.05) is 23.7 Å². The molecule has 26 heavy (non-hydrogen) atoms. The summed E-state index contributed by atoms with van der Waals surface area (Å²) >= 11 is 7.67. The Morgan fingerprint density at radius 3 is 2.88 bits per heavy atom. The van der Waals surface area contributed by atoms with Crippen LogP contribution in [-0.4, -0.2) is 23.7 Å². The second kappa shape index (κ2) is 8.12. The number of amides is 1. The lowest BCUT2D eigenvalue weighted by Gasteiger charge is -2.08. The Balaban J connectivity index is 2.13. The van der Waals surface area contributed by atoms with Crippen LogP contribution in [0.1, 0.15) is 22.8 Å². The van der Waals surface area contributed by atoms with Gasteiger partial charge in [-0.25, -0.2) is 4.39 Å². The number of carbonyl (C=O) groups excluding carboxylic acids is 1. The Kier molecular flexibility index (Phi) is 5.86. The molecule has 0 aliphatic heterocycles. The number of carbonyl (C=O) groups is 1. The average Bonchev–Trinajstić information content (AvgIpc) is 2.96. The first-order valence-corrected chi connectivity index (χ1v) is 9.41. The van der Waals surface area contributed by atoms with Gasteiger partial charge in [0.05, 0.1) is 16.8 Å². The van der Waals surface area contributed by atoms with Crippen molar-refractivity contribution < 1.29 is 13.9 Å². The van der Waals surface area contributed by atoms with Gasteiger partial charge >= 0.3 is 0 Å². The summed E-state index contributed by atoms with van der Waals surface area (Å²) in [5.74, 6) is -0.945. The molecule has 0 aliphatic rings. The number of halogens is 2. The van der Waals surface area contributed by atoms with E-state index in [1.54, 1.807) is 6.07 Å². The van der Waals surface area contributed by atoms with E-state index in [-0.39, 0.29) is 5.56 Å². The molecule has 0 bridgehead atoms. The molecule has 3 aromatic rings. The smallest absolute Gasteiger partial charge is 0.279 e. The third kappa shape index (κ3) is 3.87. The van der Waals surface area contributed by atoms with Gasteiger partial charge in [0.25, 0.3) is 5.91 Å². The van der Waals surface area contributed by atoms with Crippen LogP contribution >= 0.6 is 22.9 Å². The van der Waals surface area contributed by atoms with E-state index in [1.807, 2.05) is 30.5 Å². The molecule has 3 rings (SSSR count). The molecule has 0 N–H and O–H groups in total. The van der Waals surface area contributed by atoms with E-state index in [9.17, 15) is 9.18 Å². The molecule has 0 unspecified atom stereocenters. The predicted octanol–water partition coefficient (Wildman–Crippen LogP) is 4.58. The number of thiazole rings is 1. The molecule has 0 fully saturated rings. The highest BCUT2D eigenvalue weighted by molar-refractivity contribution is 7.16. The number of nitrogens with zero attached hydrogens (tertiary/aromatic N) is 2. The molecule has 0 atom stereocenters. The second-order valence-corrected chi connectivity index (χ2v) is 7.10. The fraction of sp³-hybridized carbons (Fsp3) is 0.263. The number of fused-ring (bicyclic) bond motifs is 1. The summed E-state index contributed by atoms with van der Waals surface area (Å²) in [6.07, 6.45) is 0. The number of aryl methyl sites for hydroxylation is 1. The van der Waals surface area contributed by atoms with Crippen LogP contribution in [0.15, 0.2) is 41.4 Å². The fourth-order valence-corrected chi connectivity index (χ4v) is 3.95. The first-order valence-electron chi connectivity index (χ1n) is 8.22. The fourth-order valence-electron chi connectivity index (χ4n) is 2.68. The third-order valence-corrected chi connectivity index (χ3v) is 5.42. The quantitative estimate of drug-likeness (QED) is 0.596. The molecule has 0 radical (unpaired) electrons. The van der Waals surface area contributed by atoms with Gasteiger partial charge in [-0.1, -0.05) is 29.0 Å². The van der Waals surface area contributed by atoms with E-state index in [2.05, 4.69) is 4.99 Å². The molecule has 0 saturated heterocycles. The summed E-state index contributed by atoms with van der Waals surface area (Å²) in [5, 5.41) is 0.656. The van der Waals surface area contributed by atoms with Crippen molar-refractivity contribution in [3.63, 3.8) is 0 Å². The van der Waals surface area contributed by atoms with Crippen LogP contribution in [-0.2, 0) is 11.3 Å². The van der Waals surface area contributed by atoms with Gasteiger partial charge in [-0.2, -0.15) is 4.99 Å². The van der Waals surface area contributed by atoms with Gasteiger partial charge in [0.2, 0.25) is 0 Å². The van der Waals surface area contributed by atoms with E-state index < -0.39 is 11.7 Å². The highest BCUT2D eigenvalue weighted by atomic mass is 35.5. The summed E-state index contributed by atoms with van der Waals surface area (Å²) in [6.45, 7) is 5.51. The van der Waals surface area contributed by atoms with Gasteiger partial charge in [-0.05, 0) is 49.7 Å². The minimum absolute atomic E-state index is 0.216. The second-order valence-electron chi connectivity index (χ2n) is 5.68. The van der Waals surface area contributed by atoms with Gasteiger partial charge in [-0.3, -0.25) is 4.79 Å². The van der Waals surface area contributed by atoms with Gasteiger partial charge in [-0.15, -0.1) is 0 Å². The average molecular weight is 393 g/mol. The van der Waals surface area contributed by atoms with Gasteiger partial charge < -0.3 is 9.30 Å². The molecule has 136 valence electrons. The van der Waals surface area contributed by atoms with E-state index >= 15 is 0 Å². The van der Waals surface area contributed by atoms with Crippen molar-refractivity contribution in [1.29, 1.82) is 0 Å². The van der Waals surface area contributed by atoms with E-state index in [4.69, 9.17) is 16.3 Å². The predicted molar refractivity (Wildman–Crippen MR) is 102 cm³/mol. The molecule has 1 aromatic heterocycles. The van der Waals surface area contributed by atoms with Gasteiger partial charge in [0.15, 0.2) is 4.80 Å². The molecule has 0 aliphatic carbocycles. The Hall–Kier alpha value is -2.02. The molecule has 4 nitrogen and oxygen atoms in total. The van der Waals surface area contributed by atoms with Crippen LogP contribution in [0.25, 0.3) is 10.2 Å². The first kappa shape index (κ1) is 18.8. The molecule has 0 spiro atoms. The number of aromatic nitrogens is 1. The third-order valence-electron chi connectivity index (χ3n) is 3.96. The lowest BCUT2D eigenvalue weighted by atomic mass is 10.2.